The monoisotopic (exact) mass is 243 g/mol. The molecular weight excluding hydrogens is 226 g/mol. The number of fused-ring (bicyclic) bond motifs is 1. The van der Waals surface area contributed by atoms with E-state index < -0.39 is 5.97 Å². The second-order valence-electron chi connectivity index (χ2n) is 5.63. The fraction of sp³-hybridized carbons (Fsp3) is 0.333. The third kappa shape index (κ3) is 2.21. The molecule has 0 unspecified atom stereocenters. The van der Waals surface area contributed by atoms with Crippen molar-refractivity contribution >= 4 is 16.9 Å². The van der Waals surface area contributed by atoms with Gasteiger partial charge in [0.25, 0.3) is 0 Å². The Balaban J connectivity index is 2.83. The molecule has 2 rings (SSSR count). The van der Waals surface area contributed by atoms with Crippen LogP contribution in [0.2, 0.25) is 0 Å². The summed E-state index contributed by atoms with van der Waals surface area (Å²) in [7, 11) is 0. The number of nitrogens with zero attached hydrogens (tertiary/aromatic N) is 1. The molecule has 0 saturated heterocycles. The number of aryl methyl sites for hydroxylation is 1. The maximum absolute atomic E-state index is 11.4. The molecule has 0 radical (unpaired) electrons. The van der Waals surface area contributed by atoms with E-state index in [4.69, 9.17) is 0 Å². The van der Waals surface area contributed by atoms with Crippen molar-refractivity contribution in [1.29, 1.82) is 0 Å². The predicted molar refractivity (Wildman–Crippen MR) is 72.1 cm³/mol. The van der Waals surface area contributed by atoms with Gasteiger partial charge in [-0.25, -0.2) is 4.79 Å². The highest BCUT2D eigenvalue weighted by atomic mass is 16.4. The highest BCUT2D eigenvalue weighted by Gasteiger charge is 2.20. The average Bonchev–Trinajstić information content (AvgIpc) is 2.25. The van der Waals surface area contributed by atoms with E-state index >= 15 is 0 Å². The Morgan fingerprint density at radius 1 is 1.22 bits per heavy atom. The number of pyridine rings is 1. The number of hydrogen-bond acceptors (Lipinski definition) is 2. The van der Waals surface area contributed by atoms with Crippen molar-refractivity contribution in [3.63, 3.8) is 0 Å². The molecule has 0 aliphatic carbocycles. The number of carbonyl (C=O) groups is 1. The number of hydrogen-bond donors (Lipinski definition) is 1. The van der Waals surface area contributed by atoms with E-state index in [9.17, 15) is 9.90 Å². The lowest BCUT2D eigenvalue weighted by Gasteiger charge is -2.19. The van der Waals surface area contributed by atoms with Gasteiger partial charge in [0.1, 0.15) is 0 Å². The lowest BCUT2D eigenvalue weighted by molar-refractivity contribution is 0.0699. The number of rotatable bonds is 1. The van der Waals surface area contributed by atoms with Crippen molar-refractivity contribution in [3.05, 3.63) is 41.1 Å². The summed E-state index contributed by atoms with van der Waals surface area (Å²) in [5, 5.41) is 10.0. The van der Waals surface area contributed by atoms with Gasteiger partial charge in [-0.15, -0.1) is 0 Å². The minimum atomic E-state index is -0.906. The minimum Gasteiger partial charge on any atom is -0.478 e. The summed E-state index contributed by atoms with van der Waals surface area (Å²) in [6.07, 6.45) is 0. The molecule has 1 heterocycles. The van der Waals surface area contributed by atoms with Crippen molar-refractivity contribution < 1.29 is 9.90 Å². The molecule has 0 bridgehead atoms. The van der Waals surface area contributed by atoms with Crippen LogP contribution in [0.4, 0.5) is 0 Å². The first-order valence-corrected chi connectivity index (χ1v) is 5.94. The zero-order valence-corrected chi connectivity index (χ0v) is 11.1. The molecule has 0 saturated carbocycles. The molecule has 94 valence electrons. The fourth-order valence-corrected chi connectivity index (χ4v) is 1.90. The van der Waals surface area contributed by atoms with Crippen LogP contribution in [0.1, 0.15) is 42.4 Å². The first-order valence-electron chi connectivity index (χ1n) is 5.94. The number of aromatic nitrogens is 1. The number of aromatic carboxylic acids is 1. The molecule has 1 aromatic carbocycles. The normalized spacial score (nSPS) is 11.8. The van der Waals surface area contributed by atoms with Crippen molar-refractivity contribution in [2.24, 2.45) is 0 Å². The lowest BCUT2D eigenvalue weighted by Crippen LogP contribution is -2.15. The van der Waals surface area contributed by atoms with Crippen molar-refractivity contribution in [2.75, 3.05) is 0 Å². The van der Waals surface area contributed by atoms with E-state index in [1.54, 1.807) is 6.07 Å². The molecule has 2 aromatic rings. The van der Waals surface area contributed by atoms with Crippen LogP contribution in [-0.2, 0) is 5.41 Å². The molecule has 0 fully saturated rings. The number of carboxylic acids is 1. The van der Waals surface area contributed by atoms with E-state index in [2.05, 4.69) is 4.98 Å². The van der Waals surface area contributed by atoms with Crippen LogP contribution in [0, 0.1) is 6.92 Å². The maximum atomic E-state index is 11.4. The number of carboxylic acid groups (broad SMARTS) is 1. The largest absolute Gasteiger partial charge is 0.478 e. The van der Waals surface area contributed by atoms with Gasteiger partial charge < -0.3 is 5.11 Å². The lowest BCUT2D eigenvalue weighted by atomic mass is 9.89. The molecule has 0 spiro atoms. The maximum Gasteiger partial charge on any atom is 0.336 e. The SMILES string of the molecule is Cc1ccc2c(C(=O)O)cc(C(C)(C)C)nc2c1. The summed E-state index contributed by atoms with van der Waals surface area (Å²) < 4.78 is 0. The minimum absolute atomic E-state index is 0.165. The van der Waals surface area contributed by atoms with Crippen LogP contribution < -0.4 is 0 Å². The number of benzene rings is 1. The molecule has 0 amide bonds. The summed E-state index contributed by atoms with van der Waals surface area (Å²) in [6.45, 7) is 8.07. The van der Waals surface area contributed by atoms with Crippen LogP contribution in [-0.4, -0.2) is 16.1 Å². The third-order valence-electron chi connectivity index (χ3n) is 2.96. The second-order valence-corrected chi connectivity index (χ2v) is 5.63. The molecule has 18 heavy (non-hydrogen) atoms. The van der Waals surface area contributed by atoms with Gasteiger partial charge in [-0.3, -0.25) is 4.98 Å². The van der Waals surface area contributed by atoms with Crippen LogP contribution in [0.3, 0.4) is 0 Å². The fourth-order valence-electron chi connectivity index (χ4n) is 1.90. The van der Waals surface area contributed by atoms with Gasteiger partial charge >= 0.3 is 5.97 Å². The van der Waals surface area contributed by atoms with Crippen LogP contribution in [0.25, 0.3) is 10.9 Å². The van der Waals surface area contributed by atoms with Crippen LogP contribution in [0.15, 0.2) is 24.3 Å². The molecule has 1 aromatic heterocycles. The molecule has 3 nitrogen and oxygen atoms in total. The van der Waals surface area contributed by atoms with E-state index in [-0.39, 0.29) is 5.41 Å². The Labute approximate surface area is 106 Å². The molecular formula is C15H17NO2. The Hall–Kier alpha value is -1.90. The summed E-state index contributed by atoms with van der Waals surface area (Å²) in [5.41, 5.74) is 2.79. The topological polar surface area (TPSA) is 50.2 Å². The van der Waals surface area contributed by atoms with E-state index in [0.717, 1.165) is 16.8 Å². The third-order valence-corrected chi connectivity index (χ3v) is 2.96. The predicted octanol–water partition coefficient (Wildman–Crippen LogP) is 3.54. The highest BCUT2D eigenvalue weighted by molar-refractivity contribution is 6.02. The van der Waals surface area contributed by atoms with Gasteiger partial charge in [-0.05, 0) is 24.6 Å². The van der Waals surface area contributed by atoms with Crippen molar-refractivity contribution in [3.8, 4) is 0 Å². The quantitative estimate of drug-likeness (QED) is 0.833. The Morgan fingerprint density at radius 2 is 1.89 bits per heavy atom. The Morgan fingerprint density at radius 3 is 2.44 bits per heavy atom. The van der Waals surface area contributed by atoms with Gasteiger partial charge in [0, 0.05) is 16.5 Å². The summed E-state index contributed by atoms with van der Waals surface area (Å²) >= 11 is 0. The van der Waals surface area contributed by atoms with E-state index in [1.165, 1.54) is 0 Å². The van der Waals surface area contributed by atoms with Gasteiger partial charge in [-0.1, -0.05) is 32.9 Å². The first-order chi connectivity index (χ1) is 8.29. The zero-order valence-electron chi connectivity index (χ0n) is 11.1. The van der Waals surface area contributed by atoms with Gasteiger partial charge in [-0.2, -0.15) is 0 Å². The van der Waals surface area contributed by atoms with Crippen LogP contribution >= 0.6 is 0 Å². The second kappa shape index (κ2) is 4.09. The molecule has 1 N–H and O–H groups in total. The van der Waals surface area contributed by atoms with Gasteiger partial charge in [0.15, 0.2) is 0 Å². The van der Waals surface area contributed by atoms with E-state index in [0.29, 0.717) is 10.9 Å². The molecule has 0 aliphatic heterocycles. The molecule has 0 aliphatic rings. The van der Waals surface area contributed by atoms with Crippen LogP contribution in [0.5, 0.6) is 0 Å². The first kappa shape index (κ1) is 12.6. The zero-order chi connectivity index (χ0) is 13.5. The Kier molecular flexibility index (Phi) is 2.85. The van der Waals surface area contributed by atoms with Crippen molar-refractivity contribution in [2.45, 2.75) is 33.1 Å². The molecule has 0 atom stereocenters. The van der Waals surface area contributed by atoms with Gasteiger partial charge in [0.05, 0.1) is 11.1 Å². The summed E-state index contributed by atoms with van der Waals surface area (Å²) in [5.74, 6) is -0.906. The standard InChI is InChI=1S/C15H17NO2/c1-9-5-6-10-11(14(17)18)8-13(15(2,3)4)16-12(10)7-9/h5-8H,1-4H3,(H,17,18). The molecule has 3 heteroatoms. The van der Waals surface area contributed by atoms with E-state index in [1.807, 2.05) is 45.9 Å². The summed E-state index contributed by atoms with van der Waals surface area (Å²) in [4.78, 5) is 15.9. The smallest absolute Gasteiger partial charge is 0.336 e. The Bertz CT molecular complexity index is 624. The summed E-state index contributed by atoms with van der Waals surface area (Å²) in [6, 6.07) is 7.35. The highest BCUT2D eigenvalue weighted by Crippen LogP contribution is 2.26. The average molecular weight is 243 g/mol. The van der Waals surface area contributed by atoms with Crippen molar-refractivity contribution in [1.82, 2.24) is 4.98 Å². The van der Waals surface area contributed by atoms with Gasteiger partial charge in [0.2, 0.25) is 0 Å².